The van der Waals surface area contributed by atoms with Crippen LogP contribution in [0.5, 0.6) is 0 Å². The number of carbonyl (C=O) groups is 2. The van der Waals surface area contributed by atoms with E-state index in [0.29, 0.717) is 0 Å². The van der Waals surface area contributed by atoms with E-state index in [1.54, 1.807) is 13.8 Å². The molecule has 0 aliphatic carbocycles. The number of cyclic esters (lactones) is 2. The first-order chi connectivity index (χ1) is 12.5. The maximum Gasteiger partial charge on any atom is 0.324 e. The number of para-hydroxylation sites is 1. The number of aromatic nitrogens is 1. The van der Waals surface area contributed by atoms with Gasteiger partial charge in [0.15, 0.2) is 5.92 Å². The highest BCUT2D eigenvalue weighted by atomic mass is 16.7. The molecule has 4 rings (SSSR count). The highest BCUT2D eigenvalue weighted by molar-refractivity contribution is 5.99. The third kappa shape index (κ3) is 2.75. The summed E-state index contributed by atoms with van der Waals surface area (Å²) in [7, 11) is 0. The molecule has 0 amide bonds. The zero-order valence-electron chi connectivity index (χ0n) is 14.6. The van der Waals surface area contributed by atoms with Crippen LogP contribution < -0.4 is 0 Å². The maximum atomic E-state index is 12.7. The average molecular weight is 349 g/mol. The van der Waals surface area contributed by atoms with E-state index in [1.807, 2.05) is 60.8 Å². The second kappa shape index (κ2) is 6.02. The minimum Gasteiger partial charge on any atom is -0.422 e. The summed E-state index contributed by atoms with van der Waals surface area (Å²) in [5.74, 6) is -3.92. The van der Waals surface area contributed by atoms with Gasteiger partial charge in [-0.1, -0.05) is 48.5 Å². The van der Waals surface area contributed by atoms with Crippen LogP contribution >= 0.6 is 0 Å². The number of hydrogen-bond acceptors (Lipinski definition) is 4. The standard InChI is InChI=1S/C21H19NO4/c1-21(2)25-19(23)18(20(24)26-21)17(13-8-4-3-5-9-13)15-12-22-16-11-7-6-10-14(15)16/h3-12,17-18,22H,1-2H3. The first-order valence-corrected chi connectivity index (χ1v) is 8.53. The highest BCUT2D eigenvalue weighted by Gasteiger charge is 2.48. The van der Waals surface area contributed by atoms with Gasteiger partial charge in [0.2, 0.25) is 0 Å². The van der Waals surface area contributed by atoms with Gasteiger partial charge in [-0.25, -0.2) is 0 Å². The number of fused-ring (bicyclic) bond motifs is 1. The van der Waals surface area contributed by atoms with Gasteiger partial charge in [-0.05, 0) is 17.2 Å². The van der Waals surface area contributed by atoms with Gasteiger partial charge in [0, 0.05) is 36.9 Å². The lowest BCUT2D eigenvalue weighted by atomic mass is 9.80. The van der Waals surface area contributed by atoms with Crippen molar-refractivity contribution in [2.24, 2.45) is 5.92 Å². The van der Waals surface area contributed by atoms with Gasteiger partial charge in [-0.2, -0.15) is 0 Å². The number of rotatable bonds is 3. The molecule has 1 fully saturated rings. The molecule has 0 spiro atoms. The quantitative estimate of drug-likeness (QED) is 0.577. The zero-order chi connectivity index (χ0) is 18.3. The van der Waals surface area contributed by atoms with Crippen LogP contribution in [0, 0.1) is 5.92 Å². The van der Waals surface area contributed by atoms with Crippen LogP contribution in [0.25, 0.3) is 10.9 Å². The topological polar surface area (TPSA) is 68.4 Å². The average Bonchev–Trinajstić information content (AvgIpc) is 3.02. The third-order valence-corrected chi connectivity index (χ3v) is 4.65. The Labute approximate surface area is 150 Å². The van der Waals surface area contributed by atoms with E-state index in [2.05, 4.69) is 4.98 Å². The van der Waals surface area contributed by atoms with E-state index in [4.69, 9.17) is 9.47 Å². The predicted octanol–water partition coefficient (Wildman–Crippen LogP) is 3.75. The monoisotopic (exact) mass is 349 g/mol. The van der Waals surface area contributed by atoms with E-state index in [-0.39, 0.29) is 0 Å². The van der Waals surface area contributed by atoms with E-state index in [9.17, 15) is 9.59 Å². The molecule has 132 valence electrons. The molecule has 1 aromatic heterocycles. The minimum absolute atomic E-state index is 0.497. The molecule has 1 N–H and O–H groups in total. The molecular weight excluding hydrogens is 330 g/mol. The molecule has 1 aliphatic heterocycles. The highest BCUT2D eigenvalue weighted by Crippen LogP contribution is 2.40. The fourth-order valence-corrected chi connectivity index (χ4v) is 3.56. The fourth-order valence-electron chi connectivity index (χ4n) is 3.56. The van der Waals surface area contributed by atoms with Crippen LogP contribution in [-0.4, -0.2) is 22.7 Å². The molecule has 1 aliphatic rings. The summed E-state index contributed by atoms with van der Waals surface area (Å²) in [6, 6.07) is 17.3. The molecule has 5 heteroatoms. The SMILES string of the molecule is CC1(C)OC(=O)C(C(c2ccccc2)c2c[nH]c3ccccc23)C(=O)O1. The Kier molecular flexibility index (Phi) is 3.80. The number of nitrogens with one attached hydrogen (secondary N) is 1. The summed E-state index contributed by atoms with van der Waals surface area (Å²) < 4.78 is 10.8. The molecule has 0 radical (unpaired) electrons. The van der Waals surface area contributed by atoms with E-state index in [0.717, 1.165) is 22.0 Å². The Morgan fingerprint density at radius 1 is 0.923 bits per heavy atom. The van der Waals surface area contributed by atoms with Crippen molar-refractivity contribution in [2.45, 2.75) is 25.6 Å². The van der Waals surface area contributed by atoms with Gasteiger partial charge in [0.1, 0.15) is 0 Å². The number of H-pyrrole nitrogens is 1. The third-order valence-electron chi connectivity index (χ3n) is 4.65. The Balaban J connectivity index is 1.88. The molecule has 0 saturated carbocycles. The number of benzene rings is 2. The minimum atomic E-state index is -1.24. The van der Waals surface area contributed by atoms with Gasteiger partial charge in [-0.3, -0.25) is 9.59 Å². The number of aromatic amines is 1. The Morgan fingerprint density at radius 3 is 2.23 bits per heavy atom. The molecule has 2 aromatic carbocycles. The van der Waals surface area contributed by atoms with Gasteiger partial charge < -0.3 is 14.5 Å². The molecule has 1 unspecified atom stereocenters. The maximum absolute atomic E-state index is 12.7. The van der Waals surface area contributed by atoms with Crippen molar-refractivity contribution in [3.05, 3.63) is 71.9 Å². The van der Waals surface area contributed by atoms with Gasteiger partial charge in [0.05, 0.1) is 0 Å². The van der Waals surface area contributed by atoms with E-state index < -0.39 is 29.6 Å². The largest absolute Gasteiger partial charge is 0.422 e. The number of ether oxygens (including phenoxy) is 2. The van der Waals surface area contributed by atoms with Gasteiger partial charge >= 0.3 is 11.9 Å². The lowest BCUT2D eigenvalue weighted by molar-refractivity contribution is -0.240. The van der Waals surface area contributed by atoms with Crippen molar-refractivity contribution in [3.8, 4) is 0 Å². The van der Waals surface area contributed by atoms with Crippen LogP contribution in [0.3, 0.4) is 0 Å². The normalized spacial score (nSPS) is 18.4. The molecule has 5 nitrogen and oxygen atoms in total. The predicted molar refractivity (Wildman–Crippen MR) is 96.3 cm³/mol. The van der Waals surface area contributed by atoms with Crippen LogP contribution in [0.4, 0.5) is 0 Å². The van der Waals surface area contributed by atoms with Crippen LogP contribution in [0.2, 0.25) is 0 Å². The lowest BCUT2D eigenvalue weighted by Crippen LogP contribution is -2.48. The summed E-state index contributed by atoms with van der Waals surface area (Å²) in [6.07, 6.45) is 1.85. The van der Waals surface area contributed by atoms with E-state index >= 15 is 0 Å². The Bertz CT molecular complexity index is 954. The van der Waals surface area contributed by atoms with Crippen molar-refractivity contribution in [3.63, 3.8) is 0 Å². The summed E-state index contributed by atoms with van der Waals surface area (Å²) in [5, 5.41) is 0.965. The molecule has 0 bridgehead atoms. The number of esters is 2. The summed E-state index contributed by atoms with van der Waals surface area (Å²) in [4.78, 5) is 28.7. The van der Waals surface area contributed by atoms with E-state index in [1.165, 1.54) is 0 Å². The van der Waals surface area contributed by atoms with Crippen molar-refractivity contribution < 1.29 is 19.1 Å². The second-order valence-electron chi connectivity index (χ2n) is 6.90. The van der Waals surface area contributed by atoms with Crippen molar-refractivity contribution >= 4 is 22.8 Å². The second-order valence-corrected chi connectivity index (χ2v) is 6.90. The number of carbonyl (C=O) groups excluding carboxylic acids is 2. The summed E-state index contributed by atoms with van der Waals surface area (Å²) in [5.41, 5.74) is 2.67. The molecule has 2 heterocycles. The smallest absolute Gasteiger partial charge is 0.324 e. The van der Waals surface area contributed by atoms with Crippen molar-refractivity contribution in [1.29, 1.82) is 0 Å². The van der Waals surface area contributed by atoms with Crippen LogP contribution in [0.15, 0.2) is 60.8 Å². The summed E-state index contributed by atoms with van der Waals surface area (Å²) in [6.45, 7) is 3.12. The van der Waals surface area contributed by atoms with Gasteiger partial charge in [-0.15, -0.1) is 0 Å². The van der Waals surface area contributed by atoms with Gasteiger partial charge in [0.25, 0.3) is 5.79 Å². The first-order valence-electron chi connectivity index (χ1n) is 8.53. The molecule has 1 saturated heterocycles. The number of hydrogen-bond donors (Lipinski definition) is 1. The molecular formula is C21H19NO4. The summed E-state index contributed by atoms with van der Waals surface area (Å²) >= 11 is 0. The first kappa shape index (κ1) is 16.4. The Hall–Kier alpha value is -3.08. The Morgan fingerprint density at radius 2 is 1.54 bits per heavy atom. The van der Waals surface area contributed by atoms with Crippen molar-refractivity contribution in [1.82, 2.24) is 4.98 Å². The molecule has 1 atom stereocenters. The zero-order valence-corrected chi connectivity index (χ0v) is 14.6. The fraction of sp³-hybridized carbons (Fsp3) is 0.238. The lowest BCUT2D eigenvalue weighted by Gasteiger charge is -2.36. The van der Waals surface area contributed by atoms with Crippen LogP contribution in [0.1, 0.15) is 30.9 Å². The van der Waals surface area contributed by atoms with Crippen molar-refractivity contribution in [2.75, 3.05) is 0 Å². The molecule has 26 heavy (non-hydrogen) atoms. The van der Waals surface area contributed by atoms with Crippen LogP contribution in [-0.2, 0) is 19.1 Å². The molecule has 3 aromatic rings.